The first-order valence-corrected chi connectivity index (χ1v) is 11.9. The van der Waals surface area contributed by atoms with Gasteiger partial charge in [0.25, 0.3) is 0 Å². The molecule has 2 fully saturated rings. The lowest BCUT2D eigenvalue weighted by Gasteiger charge is -2.34. The maximum absolute atomic E-state index is 12.4. The van der Waals surface area contributed by atoms with Gasteiger partial charge in [-0.1, -0.05) is 12.1 Å². The minimum atomic E-state index is -0.478. The molecule has 2 aliphatic rings. The lowest BCUT2D eigenvalue weighted by atomic mass is 10.1. The molecule has 1 amide bonds. The Labute approximate surface area is 193 Å². The van der Waals surface area contributed by atoms with Crippen LogP contribution in [0.15, 0.2) is 24.3 Å². The molecule has 0 aliphatic carbocycles. The number of nitrogens with zero attached hydrogens (tertiary/aromatic N) is 3. The Bertz CT molecular complexity index is 671. The highest BCUT2D eigenvalue weighted by Crippen LogP contribution is 2.19. The topological polar surface area (TPSA) is 83.3 Å². The number of likely N-dealkylation sites (tertiary alicyclic amines) is 1. The molecule has 0 bridgehead atoms. The van der Waals surface area contributed by atoms with E-state index in [0.29, 0.717) is 19.1 Å². The summed E-state index contributed by atoms with van der Waals surface area (Å²) in [4.78, 5) is 19.5. The van der Waals surface area contributed by atoms with Gasteiger partial charge in [0.15, 0.2) is 0 Å². The molecule has 0 spiro atoms. The van der Waals surface area contributed by atoms with Crippen LogP contribution in [0.25, 0.3) is 0 Å². The number of rotatable bonds is 11. The summed E-state index contributed by atoms with van der Waals surface area (Å²) in [5, 5.41) is 2.97. The van der Waals surface area contributed by atoms with Gasteiger partial charge in [0.05, 0.1) is 12.6 Å². The highest BCUT2D eigenvalue weighted by molar-refractivity contribution is 5.81. The van der Waals surface area contributed by atoms with Crippen LogP contribution in [-0.4, -0.2) is 106 Å². The summed E-state index contributed by atoms with van der Waals surface area (Å²) in [7, 11) is 3.89. The van der Waals surface area contributed by atoms with Crippen molar-refractivity contribution < 1.29 is 14.3 Å². The van der Waals surface area contributed by atoms with Gasteiger partial charge in [0.2, 0.25) is 5.91 Å². The Hall–Kier alpha value is -1.71. The largest absolute Gasteiger partial charge is 0.490 e. The van der Waals surface area contributed by atoms with Crippen LogP contribution in [0.1, 0.15) is 24.8 Å². The number of methoxy groups -OCH3 is 1. The van der Waals surface area contributed by atoms with Crippen LogP contribution in [0, 0.1) is 0 Å². The van der Waals surface area contributed by atoms with Crippen LogP contribution in [0.5, 0.6) is 5.75 Å². The number of nitrogens with two attached hydrogens (primary N) is 1. The summed E-state index contributed by atoms with van der Waals surface area (Å²) in [6, 6.07) is 7.53. The average molecular weight is 448 g/mol. The molecule has 0 saturated carbocycles. The van der Waals surface area contributed by atoms with Crippen molar-refractivity contribution in [1.29, 1.82) is 0 Å². The molecule has 1 aromatic carbocycles. The van der Waals surface area contributed by atoms with Gasteiger partial charge in [0.1, 0.15) is 11.9 Å². The fourth-order valence-electron chi connectivity index (χ4n) is 4.21. The fraction of sp³-hybridized carbons (Fsp3) is 0.708. The second-order valence-electron chi connectivity index (χ2n) is 9.05. The van der Waals surface area contributed by atoms with Gasteiger partial charge >= 0.3 is 0 Å². The molecule has 1 unspecified atom stereocenters. The molecule has 8 heteroatoms. The number of benzene rings is 1. The molecule has 2 aliphatic heterocycles. The quantitative estimate of drug-likeness (QED) is 0.518. The predicted molar refractivity (Wildman–Crippen MR) is 127 cm³/mol. The van der Waals surface area contributed by atoms with Gasteiger partial charge in [-0.05, 0) is 44.0 Å². The van der Waals surface area contributed by atoms with E-state index in [0.717, 1.165) is 83.1 Å². The first kappa shape index (κ1) is 24.9. The van der Waals surface area contributed by atoms with Crippen molar-refractivity contribution in [3.05, 3.63) is 29.8 Å². The number of carbonyl (C=O) groups excluding carboxylic acids is 1. The second kappa shape index (κ2) is 13.1. The van der Waals surface area contributed by atoms with Crippen molar-refractivity contribution >= 4 is 5.91 Å². The Morgan fingerprint density at radius 2 is 1.69 bits per heavy atom. The summed E-state index contributed by atoms with van der Waals surface area (Å²) in [6.07, 6.45) is 3.10. The van der Waals surface area contributed by atoms with Crippen molar-refractivity contribution in [2.24, 2.45) is 5.73 Å². The Balaban J connectivity index is 1.31. The molecule has 1 aromatic rings. The Kier molecular flexibility index (Phi) is 10.2. The predicted octanol–water partition coefficient (Wildman–Crippen LogP) is 0.757. The van der Waals surface area contributed by atoms with Crippen LogP contribution in [0.3, 0.4) is 0 Å². The molecule has 1 atom stereocenters. The van der Waals surface area contributed by atoms with Gasteiger partial charge < -0.3 is 30.3 Å². The summed E-state index contributed by atoms with van der Waals surface area (Å²) < 4.78 is 11.2. The van der Waals surface area contributed by atoms with Crippen LogP contribution < -0.4 is 15.8 Å². The lowest BCUT2D eigenvalue weighted by Crippen LogP contribution is -2.49. The molecule has 0 aromatic heterocycles. The standard InChI is InChI=1S/C24H41N5O3/c1-27-10-7-22(8-11-27)32-21-5-3-20(4-6-21)19-26-24(30)23(25)9-12-28-13-15-29(16-14-28)17-18-31-2/h3-6,22-23H,7-19,25H2,1-2H3,(H,26,30). The minimum Gasteiger partial charge on any atom is -0.490 e. The zero-order valence-corrected chi connectivity index (χ0v) is 19.8. The summed E-state index contributed by atoms with van der Waals surface area (Å²) in [6.45, 7) is 9.39. The summed E-state index contributed by atoms with van der Waals surface area (Å²) in [5.74, 6) is 0.809. The molecule has 32 heavy (non-hydrogen) atoms. The second-order valence-corrected chi connectivity index (χ2v) is 9.05. The number of amides is 1. The molecular weight excluding hydrogens is 406 g/mol. The number of hydrogen-bond acceptors (Lipinski definition) is 7. The third-order valence-corrected chi connectivity index (χ3v) is 6.53. The highest BCUT2D eigenvalue weighted by Gasteiger charge is 2.20. The number of nitrogens with one attached hydrogen (secondary N) is 1. The van der Waals surface area contributed by atoms with Gasteiger partial charge in [0, 0.05) is 66.0 Å². The zero-order chi connectivity index (χ0) is 22.8. The number of piperazine rings is 1. The monoisotopic (exact) mass is 447 g/mol. The van der Waals surface area contributed by atoms with Gasteiger partial charge in [-0.25, -0.2) is 0 Å². The highest BCUT2D eigenvalue weighted by atomic mass is 16.5. The molecule has 2 saturated heterocycles. The Morgan fingerprint density at radius 3 is 2.31 bits per heavy atom. The van der Waals surface area contributed by atoms with E-state index in [2.05, 4.69) is 27.1 Å². The number of carbonyl (C=O) groups is 1. The molecular formula is C24H41N5O3. The van der Waals surface area contributed by atoms with Crippen molar-refractivity contribution in [3.8, 4) is 5.75 Å². The normalized spacial score (nSPS) is 20.2. The molecule has 3 rings (SSSR count). The van der Waals surface area contributed by atoms with E-state index in [1.807, 2.05) is 24.3 Å². The van der Waals surface area contributed by atoms with E-state index < -0.39 is 6.04 Å². The van der Waals surface area contributed by atoms with E-state index in [1.165, 1.54) is 0 Å². The van der Waals surface area contributed by atoms with Gasteiger partial charge in [-0.15, -0.1) is 0 Å². The number of piperidine rings is 1. The molecule has 3 N–H and O–H groups in total. The smallest absolute Gasteiger partial charge is 0.237 e. The first-order valence-electron chi connectivity index (χ1n) is 11.9. The average Bonchev–Trinajstić information content (AvgIpc) is 2.82. The van der Waals surface area contributed by atoms with Crippen LogP contribution >= 0.6 is 0 Å². The van der Waals surface area contributed by atoms with Crippen molar-refractivity contribution in [3.63, 3.8) is 0 Å². The molecule has 2 heterocycles. The van der Waals surface area contributed by atoms with E-state index in [4.69, 9.17) is 15.2 Å². The van der Waals surface area contributed by atoms with Crippen molar-refractivity contribution in [1.82, 2.24) is 20.0 Å². The van der Waals surface area contributed by atoms with Crippen molar-refractivity contribution in [2.75, 3.05) is 73.1 Å². The third-order valence-electron chi connectivity index (χ3n) is 6.53. The van der Waals surface area contributed by atoms with Gasteiger partial charge in [-0.3, -0.25) is 9.69 Å². The number of ether oxygens (including phenoxy) is 2. The minimum absolute atomic E-state index is 0.0876. The maximum atomic E-state index is 12.4. The zero-order valence-electron chi connectivity index (χ0n) is 19.8. The summed E-state index contributed by atoms with van der Waals surface area (Å²) in [5.41, 5.74) is 7.19. The molecule has 0 radical (unpaired) electrons. The van der Waals surface area contributed by atoms with Crippen molar-refractivity contribution in [2.45, 2.75) is 38.0 Å². The lowest BCUT2D eigenvalue weighted by molar-refractivity contribution is -0.122. The SMILES string of the molecule is COCCN1CCN(CCC(N)C(=O)NCc2ccc(OC3CCN(C)CC3)cc2)CC1. The molecule has 8 nitrogen and oxygen atoms in total. The first-order chi connectivity index (χ1) is 15.5. The van der Waals surface area contributed by atoms with E-state index in [9.17, 15) is 4.79 Å². The van der Waals surface area contributed by atoms with E-state index >= 15 is 0 Å². The number of hydrogen-bond donors (Lipinski definition) is 2. The molecule has 180 valence electrons. The van der Waals surface area contributed by atoms with Crippen LogP contribution in [-0.2, 0) is 16.1 Å². The summed E-state index contributed by atoms with van der Waals surface area (Å²) >= 11 is 0. The Morgan fingerprint density at radius 1 is 1.06 bits per heavy atom. The maximum Gasteiger partial charge on any atom is 0.237 e. The van der Waals surface area contributed by atoms with Crippen LogP contribution in [0.4, 0.5) is 0 Å². The van der Waals surface area contributed by atoms with Crippen LogP contribution in [0.2, 0.25) is 0 Å². The van der Waals surface area contributed by atoms with E-state index in [-0.39, 0.29) is 5.91 Å². The fourth-order valence-corrected chi connectivity index (χ4v) is 4.21. The van der Waals surface area contributed by atoms with Gasteiger partial charge in [-0.2, -0.15) is 0 Å². The third kappa shape index (κ3) is 8.33. The van der Waals surface area contributed by atoms with E-state index in [1.54, 1.807) is 7.11 Å².